The molecule has 4 rings (SSSR count). The third-order valence-corrected chi connectivity index (χ3v) is 3.93. The molecule has 1 saturated heterocycles. The maximum absolute atomic E-state index is 5.47. The van der Waals surface area contributed by atoms with E-state index in [0.717, 1.165) is 36.4 Å². The van der Waals surface area contributed by atoms with Crippen molar-refractivity contribution in [1.29, 1.82) is 0 Å². The molecular weight excluding hydrogens is 280 g/mol. The van der Waals surface area contributed by atoms with Crippen molar-refractivity contribution in [2.75, 3.05) is 11.4 Å². The lowest BCUT2D eigenvalue weighted by molar-refractivity contribution is 0.379. The molecule has 1 fully saturated rings. The summed E-state index contributed by atoms with van der Waals surface area (Å²) < 4.78 is 10.7. The van der Waals surface area contributed by atoms with Crippen molar-refractivity contribution >= 4 is 6.01 Å². The number of hydrogen-bond acceptors (Lipinski definition) is 6. The van der Waals surface area contributed by atoms with Crippen LogP contribution >= 0.6 is 0 Å². The smallest absolute Gasteiger partial charge is 0.324 e. The average Bonchev–Trinajstić information content (AvgIpc) is 3.27. The highest BCUT2D eigenvalue weighted by Crippen LogP contribution is 2.35. The molecule has 3 aromatic rings. The molecule has 0 amide bonds. The van der Waals surface area contributed by atoms with Gasteiger partial charge in [0, 0.05) is 18.2 Å². The van der Waals surface area contributed by atoms with Crippen molar-refractivity contribution in [2.24, 2.45) is 0 Å². The van der Waals surface area contributed by atoms with Crippen LogP contribution in [0.2, 0.25) is 0 Å². The number of nitrogens with zero attached hydrogens (tertiary/aromatic N) is 4. The molecule has 0 N–H and O–H groups in total. The summed E-state index contributed by atoms with van der Waals surface area (Å²) in [6.07, 6.45) is 2.08. The summed E-state index contributed by atoms with van der Waals surface area (Å²) in [4.78, 5) is 6.64. The van der Waals surface area contributed by atoms with E-state index in [9.17, 15) is 0 Å². The van der Waals surface area contributed by atoms with E-state index in [1.807, 2.05) is 43.3 Å². The van der Waals surface area contributed by atoms with Gasteiger partial charge in [0.25, 0.3) is 0 Å². The lowest BCUT2D eigenvalue weighted by atomic mass is 10.1. The molecule has 22 heavy (non-hydrogen) atoms. The molecule has 0 unspecified atom stereocenters. The van der Waals surface area contributed by atoms with Crippen molar-refractivity contribution < 1.29 is 9.05 Å². The first-order chi connectivity index (χ1) is 10.8. The Bertz CT molecular complexity index is 765. The molecule has 1 aliphatic rings. The van der Waals surface area contributed by atoms with Gasteiger partial charge in [-0.15, -0.1) is 0 Å². The third kappa shape index (κ3) is 2.26. The minimum absolute atomic E-state index is 0.140. The average molecular weight is 296 g/mol. The van der Waals surface area contributed by atoms with Gasteiger partial charge < -0.3 is 13.9 Å². The molecule has 0 spiro atoms. The second-order valence-electron chi connectivity index (χ2n) is 5.48. The molecule has 0 radical (unpaired) electrons. The van der Waals surface area contributed by atoms with Crippen molar-refractivity contribution in [1.82, 2.24) is 15.3 Å². The van der Waals surface area contributed by atoms with Crippen LogP contribution in [0, 0.1) is 6.92 Å². The van der Waals surface area contributed by atoms with Crippen LogP contribution in [0.25, 0.3) is 11.4 Å². The van der Waals surface area contributed by atoms with Crippen molar-refractivity contribution in [2.45, 2.75) is 25.8 Å². The van der Waals surface area contributed by atoms with Crippen LogP contribution in [0.15, 0.2) is 45.4 Å². The molecule has 6 nitrogen and oxygen atoms in total. The molecule has 0 bridgehead atoms. The molecule has 112 valence electrons. The SMILES string of the molecule is Cc1cc([C@H]2CCCN2c2nc(-c3ccccc3)no2)no1. The molecule has 1 atom stereocenters. The van der Waals surface area contributed by atoms with Gasteiger partial charge in [0.2, 0.25) is 5.82 Å². The molecular formula is C16H16N4O2. The highest BCUT2D eigenvalue weighted by atomic mass is 16.5. The Morgan fingerprint density at radius 1 is 1.14 bits per heavy atom. The summed E-state index contributed by atoms with van der Waals surface area (Å²) in [6, 6.07) is 12.5. The number of anilines is 1. The molecule has 1 aromatic carbocycles. The second-order valence-corrected chi connectivity index (χ2v) is 5.48. The Kier molecular flexibility index (Phi) is 3.14. The monoisotopic (exact) mass is 296 g/mol. The van der Waals surface area contributed by atoms with Gasteiger partial charge in [-0.05, 0) is 19.8 Å². The Balaban J connectivity index is 1.63. The lowest BCUT2D eigenvalue weighted by Gasteiger charge is -2.19. The number of aryl methyl sites for hydroxylation is 1. The minimum atomic E-state index is 0.140. The van der Waals surface area contributed by atoms with E-state index in [-0.39, 0.29) is 6.04 Å². The molecule has 1 aliphatic heterocycles. The number of benzene rings is 1. The highest BCUT2D eigenvalue weighted by molar-refractivity contribution is 5.55. The highest BCUT2D eigenvalue weighted by Gasteiger charge is 2.32. The normalized spacial score (nSPS) is 18.0. The zero-order valence-corrected chi connectivity index (χ0v) is 12.3. The van der Waals surface area contributed by atoms with E-state index in [4.69, 9.17) is 9.05 Å². The minimum Gasteiger partial charge on any atom is -0.361 e. The van der Waals surface area contributed by atoms with Crippen LogP contribution in [0.5, 0.6) is 0 Å². The van der Waals surface area contributed by atoms with E-state index in [2.05, 4.69) is 20.2 Å². The van der Waals surface area contributed by atoms with E-state index in [1.54, 1.807) is 0 Å². The predicted molar refractivity (Wildman–Crippen MR) is 80.3 cm³/mol. The lowest BCUT2D eigenvalue weighted by Crippen LogP contribution is -2.23. The summed E-state index contributed by atoms with van der Waals surface area (Å²) in [7, 11) is 0. The first-order valence-corrected chi connectivity index (χ1v) is 7.40. The van der Waals surface area contributed by atoms with E-state index >= 15 is 0 Å². The molecule has 3 heterocycles. The topological polar surface area (TPSA) is 68.2 Å². The summed E-state index contributed by atoms with van der Waals surface area (Å²) >= 11 is 0. The fraction of sp³-hybridized carbons (Fsp3) is 0.312. The van der Waals surface area contributed by atoms with E-state index < -0.39 is 0 Å². The molecule has 6 heteroatoms. The van der Waals surface area contributed by atoms with Crippen molar-refractivity contribution in [3.05, 3.63) is 47.9 Å². The molecule has 2 aromatic heterocycles. The van der Waals surface area contributed by atoms with Gasteiger partial charge in [0.1, 0.15) is 11.5 Å². The van der Waals surface area contributed by atoms with Gasteiger partial charge in [0.05, 0.1) is 6.04 Å². The number of aromatic nitrogens is 3. The summed E-state index contributed by atoms with van der Waals surface area (Å²) in [5.41, 5.74) is 1.87. The number of rotatable bonds is 3. The maximum Gasteiger partial charge on any atom is 0.324 e. The third-order valence-electron chi connectivity index (χ3n) is 3.93. The fourth-order valence-electron chi connectivity index (χ4n) is 2.88. The van der Waals surface area contributed by atoms with Gasteiger partial charge in [-0.25, -0.2) is 0 Å². The zero-order valence-electron chi connectivity index (χ0n) is 12.3. The molecule has 0 aliphatic carbocycles. The number of hydrogen-bond donors (Lipinski definition) is 0. The summed E-state index contributed by atoms with van der Waals surface area (Å²) in [6.45, 7) is 2.78. The van der Waals surface area contributed by atoms with Crippen LogP contribution in [0.1, 0.15) is 30.3 Å². The van der Waals surface area contributed by atoms with Crippen molar-refractivity contribution in [3.8, 4) is 11.4 Å². The van der Waals surface area contributed by atoms with Crippen LogP contribution in [-0.4, -0.2) is 21.8 Å². The van der Waals surface area contributed by atoms with Crippen LogP contribution in [0.3, 0.4) is 0 Å². The fourth-order valence-corrected chi connectivity index (χ4v) is 2.88. The predicted octanol–water partition coefficient (Wildman–Crippen LogP) is 3.37. The first kappa shape index (κ1) is 13.1. The summed E-state index contributed by atoms with van der Waals surface area (Å²) in [5.74, 6) is 1.43. The van der Waals surface area contributed by atoms with Crippen LogP contribution in [0.4, 0.5) is 6.01 Å². The van der Waals surface area contributed by atoms with Crippen LogP contribution < -0.4 is 4.90 Å². The zero-order chi connectivity index (χ0) is 14.9. The Hall–Kier alpha value is -2.63. The van der Waals surface area contributed by atoms with Gasteiger partial charge >= 0.3 is 6.01 Å². The van der Waals surface area contributed by atoms with Gasteiger partial charge in [-0.2, -0.15) is 4.98 Å². The Morgan fingerprint density at radius 2 is 2.00 bits per heavy atom. The van der Waals surface area contributed by atoms with Crippen molar-refractivity contribution in [3.63, 3.8) is 0 Å². The summed E-state index contributed by atoms with van der Waals surface area (Å²) in [5, 5.41) is 8.22. The Labute approximate surface area is 127 Å². The standard InChI is InChI=1S/C16H16N4O2/c1-11-10-13(18-21-11)14-8-5-9-20(14)16-17-15(19-22-16)12-6-3-2-4-7-12/h2-4,6-7,10,14H,5,8-9H2,1H3/t14-/m1/s1. The maximum atomic E-state index is 5.47. The first-order valence-electron chi connectivity index (χ1n) is 7.40. The van der Waals surface area contributed by atoms with Gasteiger partial charge in [0.15, 0.2) is 0 Å². The second kappa shape index (κ2) is 5.29. The van der Waals surface area contributed by atoms with E-state index in [1.165, 1.54) is 0 Å². The largest absolute Gasteiger partial charge is 0.361 e. The van der Waals surface area contributed by atoms with Gasteiger partial charge in [-0.3, -0.25) is 0 Å². The van der Waals surface area contributed by atoms with E-state index in [0.29, 0.717) is 11.8 Å². The van der Waals surface area contributed by atoms with Crippen LogP contribution in [-0.2, 0) is 0 Å². The van der Waals surface area contributed by atoms with Gasteiger partial charge in [-0.1, -0.05) is 40.6 Å². The molecule has 0 saturated carbocycles. The Morgan fingerprint density at radius 3 is 2.77 bits per heavy atom. The quantitative estimate of drug-likeness (QED) is 0.738.